The van der Waals surface area contributed by atoms with Crippen molar-refractivity contribution in [2.45, 2.75) is 13.0 Å². The molecule has 0 N–H and O–H groups in total. The van der Waals surface area contributed by atoms with Crippen molar-refractivity contribution in [3.63, 3.8) is 0 Å². The lowest BCUT2D eigenvalue weighted by Gasteiger charge is -2.29. The van der Waals surface area contributed by atoms with Crippen molar-refractivity contribution in [3.05, 3.63) is 45.9 Å². The average molecular weight is 405 g/mol. The Morgan fingerprint density at radius 1 is 1.08 bits per heavy atom. The summed E-state index contributed by atoms with van der Waals surface area (Å²) >= 11 is 5.27. The monoisotopic (exact) mass is 404 g/mol. The standard InChI is InChI=1S/C18H17BrN2O2S/c1-22-15-7-11-5-6-21(10-12(11)8-16(15)23-2)18-20-14-4-3-13(19)9-17(14)24-18/h3-4,7-9H,5-6,10H2,1-2H3. The molecule has 1 aliphatic rings. The van der Waals surface area contributed by atoms with Crippen LogP contribution in [-0.2, 0) is 13.0 Å². The highest BCUT2D eigenvalue weighted by Crippen LogP contribution is 2.36. The van der Waals surface area contributed by atoms with Crippen LogP contribution in [0.25, 0.3) is 10.2 Å². The van der Waals surface area contributed by atoms with Gasteiger partial charge in [-0.15, -0.1) is 0 Å². The Hall–Kier alpha value is -1.79. The number of hydrogen-bond acceptors (Lipinski definition) is 5. The Morgan fingerprint density at radius 2 is 1.83 bits per heavy atom. The molecule has 0 saturated heterocycles. The molecule has 0 spiro atoms. The highest BCUT2D eigenvalue weighted by atomic mass is 79.9. The number of ether oxygens (including phenoxy) is 2. The second kappa shape index (κ2) is 6.26. The van der Waals surface area contributed by atoms with Gasteiger partial charge in [0.05, 0.1) is 24.4 Å². The number of anilines is 1. The Morgan fingerprint density at radius 3 is 2.58 bits per heavy atom. The molecule has 0 fully saturated rings. The van der Waals surface area contributed by atoms with Gasteiger partial charge in [-0.05, 0) is 47.9 Å². The lowest BCUT2D eigenvalue weighted by atomic mass is 9.99. The molecule has 1 aromatic heterocycles. The van der Waals surface area contributed by atoms with Gasteiger partial charge in [-0.3, -0.25) is 0 Å². The molecule has 0 saturated carbocycles. The molecular weight excluding hydrogens is 388 g/mol. The molecule has 4 nitrogen and oxygen atoms in total. The van der Waals surface area contributed by atoms with Crippen LogP contribution < -0.4 is 14.4 Å². The van der Waals surface area contributed by atoms with E-state index in [2.05, 4.69) is 45.1 Å². The number of fused-ring (bicyclic) bond motifs is 2. The molecule has 0 aliphatic carbocycles. The summed E-state index contributed by atoms with van der Waals surface area (Å²) in [6, 6.07) is 10.4. The van der Waals surface area contributed by atoms with Crippen LogP contribution in [0.15, 0.2) is 34.8 Å². The number of nitrogens with zero attached hydrogens (tertiary/aromatic N) is 2. The highest BCUT2D eigenvalue weighted by Gasteiger charge is 2.21. The van der Waals surface area contributed by atoms with Crippen molar-refractivity contribution in [1.29, 1.82) is 0 Å². The lowest BCUT2D eigenvalue weighted by Crippen LogP contribution is -2.30. The first-order chi connectivity index (χ1) is 11.7. The molecule has 0 amide bonds. The van der Waals surface area contributed by atoms with E-state index in [4.69, 9.17) is 14.5 Å². The maximum absolute atomic E-state index is 5.44. The summed E-state index contributed by atoms with van der Waals surface area (Å²) in [5.74, 6) is 1.58. The van der Waals surface area contributed by atoms with Crippen LogP contribution in [0.3, 0.4) is 0 Å². The van der Waals surface area contributed by atoms with Gasteiger partial charge < -0.3 is 14.4 Å². The van der Waals surface area contributed by atoms with Gasteiger partial charge in [0, 0.05) is 17.6 Å². The zero-order valence-electron chi connectivity index (χ0n) is 13.5. The first-order valence-corrected chi connectivity index (χ1v) is 9.33. The summed E-state index contributed by atoms with van der Waals surface area (Å²) < 4.78 is 13.1. The van der Waals surface area contributed by atoms with E-state index >= 15 is 0 Å². The van der Waals surface area contributed by atoms with Crippen LogP contribution in [0.5, 0.6) is 11.5 Å². The third kappa shape index (κ3) is 2.74. The quantitative estimate of drug-likeness (QED) is 0.636. The minimum absolute atomic E-state index is 0.784. The van der Waals surface area contributed by atoms with Crippen LogP contribution in [0.4, 0.5) is 5.13 Å². The van der Waals surface area contributed by atoms with Crippen molar-refractivity contribution in [1.82, 2.24) is 4.98 Å². The number of methoxy groups -OCH3 is 2. The van der Waals surface area contributed by atoms with Crippen molar-refractivity contribution in [2.24, 2.45) is 0 Å². The van der Waals surface area contributed by atoms with Crippen LogP contribution in [0, 0.1) is 0 Å². The third-order valence-corrected chi connectivity index (χ3v) is 5.90. The molecule has 0 bridgehead atoms. The zero-order chi connectivity index (χ0) is 16.7. The first-order valence-electron chi connectivity index (χ1n) is 7.73. The molecule has 2 heterocycles. The van der Waals surface area contributed by atoms with E-state index in [1.807, 2.05) is 6.07 Å². The number of rotatable bonds is 3. The van der Waals surface area contributed by atoms with Gasteiger partial charge in [-0.2, -0.15) is 0 Å². The number of halogens is 1. The molecule has 4 rings (SSSR count). The van der Waals surface area contributed by atoms with E-state index < -0.39 is 0 Å². The van der Waals surface area contributed by atoms with E-state index in [1.165, 1.54) is 15.8 Å². The molecule has 2 aromatic carbocycles. The summed E-state index contributed by atoms with van der Waals surface area (Å²) in [7, 11) is 3.36. The van der Waals surface area contributed by atoms with Gasteiger partial charge in [0.25, 0.3) is 0 Å². The van der Waals surface area contributed by atoms with Gasteiger partial charge in [0.2, 0.25) is 0 Å². The van der Waals surface area contributed by atoms with Crippen molar-refractivity contribution >= 4 is 42.6 Å². The summed E-state index contributed by atoms with van der Waals surface area (Å²) in [4.78, 5) is 7.13. The Kier molecular flexibility index (Phi) is 4.10. The SMILES string of the molecule is COc1cc2c(cc1OC)CN(c1nc3ccc(Br)cc3s1)CC2. The fourth-order valence-corrected chi connectivity index (χ4v) is 4.61. The van der Waals surface area contributed by atoms with Gasteiger partial charge in [0.15, 0.2) is 16.6 Å². The molecule has 0 radical (unpaired) electrons. The zero-order valence-corrected chi connectivity index (χ0v) is 15.9. The fraction of sp³-hybridized carbons (Fsp3) is 0.278. The molecular formula is C18H17BrN2O2S. The van der Waals surface area contributed by atoms with E-state index in [-0.39, 0.29) is 0 Å². The topological polar surface area (TPSA) is 34.6 Å². The van der Waals surface area contributed by atoms with Gasteiger partial charge in [0.1, 0.15) is 0 Å². The molecule has 0 atom stereocenters. The van der Waals surface area contributed by atoms with Gasteiger partial charge in [-0.1, -0.05) is 27.3 Å². The van der Waals surface area contributed by atoms with Gasteiger partial charge >= 0.3 is 0 Å². The van der Waals surface area contributed by atoms with Crippen LogP contribution in [-0.4, -0.2) is 25.7 Å². The molecule has 3 aromatic rings. The van der Waals surface area contributed by atoms with Crippen molar-refractivity contribution in [3.8, 4) is 11.5 Å². The number of hydrogen-bond donors (Lipinski definition) is 0. The van der Waals surface area contributed by atoms with E-state index in [9.17, 15) is 0 Å². The smallest absolute Gasteiger partial charge is 0.186 e. The summed E-state index contributed by atoms with van der Waals surface area (Å²) in [6.07, 6.45) is 0.981. The van der Waals surface area contributed by atoms with Gasteiger partial charge in [-0.25, -0.2) is 4.98 Å². The molecule has 24 heavy (non-hydrogen) atoms. The summed E-state index contributed by atoms with van der Waals surface area (Å²) in [5.41, 5.74) is 3.66. The first kappa shape index (κ1) is 15.7. The Labute approximate surface area is 153 Å². The van der Waals surface area contributed by atoms with Crippen LogP contribution in [0.1, 0.15) is 11.1 Å². The van der Waals surface area contributed by atoms with Crippen LogP contribution in [0.2, 0.25) is 0 Å². The normalized spacial score (nSPS) is 13.9. The maximum atomic E-state index is 5.44. The number of aromatic nitrogens is 1. The maximum Gasteiger partial charge on any atom is 0.186 e. The average Bonchev–Trinajstić information content (AvgIpc) is 3.03. The second-order valence-electron chi connectivity index (χ2n) is 5.76. The summed E-state index contributed by atoms with van der Waals surface area (Å²) in [6.45, 7) is 1.81. The predicted molar refractivity (Wildman–Crippen MR) is 102 cm³/mol. The Bertz CT molecular complexity index is 909. The van der Waals surface area contributed by atoms with Crippen molar-refractivity contribution in [2.75, 3.05) is 25.7 Å². The molecule has 0 unspecified atom stereocenters. The van der Waals surface area contributed by atoms with E-state index in [0.717, 1.165) is 46.1 Å². The highest BCUT2D eigenvalue weighted by molar-refractivity contribution is 9.10. The number of benzene rings is 2. The minimum Gasteiger partial charge on any atom is -0.493 e. The predicted octanol–water partition coefficient (Wildman–Crippen LogP) is 4.64. The second-order valence-corrected chi connectivity index (χ2v) is 7.68. The largest absolute Gasteiger partial charge is 0.493 e. The Balaban J connectivity index is 1.67. The summed E-state index contributed by atoms with van der Waals surface area (Å²) in [5, 5.41) is 1.07. The molecule has 124 valence electrons. The van der Waals surface area contributed by atoms with E-state index in [1.54, 1.807) is 25.6 Å². The van der Waals surface area contributed by atoms with Crippen molar-refractivity contribution < 1.29 is 9.47 Å². The molecule has 1 aliphatic heterocycles. The minimum atomic E-state index is 0.784. The fourth-order valence-electron chi connectivity index (χ4n) is 3.07. The number of thiazole rings is 1. The van der Waals surface area contributed by atoms with E-state index in [0.29, 0.717) is 0 Å². The van der Waals surface area contributed by atoms with Crippen LogP contribution >= 0.6 is 27.3 Å². The molecule has 6 heteroatoms. The lowest BCUT2D eigenvalue weighted by molar-refractivity contribution is 0.353. The third-order valence-electron chi connectivity index (χ3n) is 4.33.